The standard InChI is InChI=1S/C26H39F12NO11/c1-2-3-6-21(27,28)23(31,32)25(35,36)26(37,38)24(33,34)22(29,30)7-4-5-8-39-19(48)16(46)15(45)18(11(42)9-40)50-20-17(47)14(44)13(43)12(10-41)49-20/h11-18,20,40-47H,2-10H2,1H3,(H,39,48)/t11-,12-,13+,14+,15-,16-,17-,18-,20+/m1/s1. The average Bonchev–Trinajstić information content (AvgIpc) is 3.04. The topological polar surface area (TPSA) is 209 Å². The highest BCUT2D eigenvalue weighted by molar-refractivity contribution is 5.81. The summed E-state index contributed by atoms with van der Waals surface area (Å²) in [6.07, 6.45) is -27.5. The maximum Gasteiger partial charge on any atom is 0.384 e. The first-order chi connectivity index (χ1) is 22.6. The molecule has 0 saturated carbocycles. The fourth-order valence-electron chi connectivity index (χ4n) is 4.53. The number of rotatable bonds is 21. The number of unbranched alkanes of at least 4 members (excludes halogenated alkanes) is 2. The summed E-state index contributed by atoms with van der Waals surface area (Å²) in [5.74, 6) is -43.8. The Labute approximate surface area is 275 Å². The van der Waals surface area contributed by atoms with E-state index in [1.807, 2.05) is 0 Å². The molecule has 24 heteroatoms. The summed E-state index contributed by atoms with van der Waals surface area (Å²) in [5.41, 5.74) is 0. The third kappa shape index (κ3) is 9.23. The second kappa shape index (κ2) is 17.4. The van der Waals surface area contributed by atoms with Crippen LogP contribution in [0.3, 0.4) is 0 Å². The van der Waals surface area contributed by atoms with E-state index in [4.69, 9.17) is 9.47 Å². The highest BCUT2D eigenvalue weighted by Crippen LogP contribution is 2.61. The summed E-state index contributed by atoms with van der Waals surface area (Å²) in [7, 11) is 0. The number of aliphatic hydroxyl groups is 8. The summed E-state index contributed by atoms with van der Waals surface area (Å²) < 4.78 is 178. The first-order valence-electron chi connectivity index (χ1n) is 14.8. The van der Waals surface area contributed by atoms with Crippen LogP contribution in [0.15, 0.2) is 0 Å². The number of hydrogen-bond donors (Lipinski definition) is 9. The van der Waals surface area contributed by atoms with E-state index in [1.165, 1.54) is 0 Å². The Morgan fingerprint density at radius 1 is 0.740 bits per heavy atom. The van der Waals surface area contributed by atoms with Gasteiger partial charge in [0.15, 0.2) is 12.4 Å². The third-order valence-corrected chi connectivity index (χ3v) is 7.80. The molecule has 298 valence electrons. The van der Waals surface area contributed by atoms with E-state index in [-0.39, 0.29) is 6.42 Å². The monoisotopic (exact) mass is 769 g/mol. The Morgan fingerprint density at radius 3 is 1.66 bits per heavy atom. The van der Waals surface area contributed by atoms with Gasteiger partial charge in [-0.25, -0.2) is 0 Å². The van der Waals surface area contributed by atoms with Gasteiger partial charge in [0.25, 0.3) is 5.91 Å². The van der Waals surface area contributed by atoms with Gasteiger partial charge in [0.05, 0.1) is 13.2 Å². The number of carbonyl (C=O) groups is 1. The number of alkyl halides is 12. The van der Waals surface area contributed by atoms with Crippen LogP contribution in [0.4, 0.5) is 52.7 Å². The maximum absolute atomic E-state index is 14.2. The van der Waals surface area contributed by atoms with E-state index in [2.05, 4.69) is 0 Å². The zero-order valence-electron chi connectivity index (χ0n) is 25.9. The van der Waals surface area contributed by atoms with Gasteiger partial charge >= 0.3 is 35.5 Å². The van der Waals surface area contributed by atoms with Crippen molar-refractivity contribution in [1.29, 1.82) is 0 Å². The molecule has 0 aromatic rings. The molecule has 50 heavy (non-hydrogen) atoms. The molecule has 1 rings (SSSR count). The zero-order valence-corrected chi connectivity index (χ0v) is 25.9. The SMILES string of the molecule is CCCCC(F)(F)C(F)(F)C(F)(F)C(F)(F)C(F)(F)C(F)(F)CCCCNC(=O)[C@H](O)[C@@H](O)[C@H](O[C@@H]1O[C@H](CO)[C@H](O)[C@H](O)[C@H]1O)[C@H](O)CO. The maximum atomic E-state index is 14.2. The Bertz CT molecular complexity index is 1080. The Kier molecular flexibility index (Phi) is 16.1. The Hall–Kier alpha value is -1.77. The number of halogens is 12. The number of hydrogen-bond acceptors (Lipinski definition) is 11. The molecule has 1 saturated heterocycles. The number of amides is 1. The van der Waals surface area contributed by atoms with E-state index in [9.17, 15) is 98.3 Å². The van der Waals surface area contributed by atoms with E-state index in [0.717, 1.165) is 6.92 Å². The van der Waals surface area contributed by atoms with Crippen molar-refractivity contribution < 1.29 is 108 Å². The first-order valence-corrected chi connectivity index (χ1v) is 14.8. The summed E-state index contributed by atoms with van der Waals surface area (Å²) in [4.78, 5) is 12.3. The van der Waals surface area contributed by atoms with E-state index < -0.39 is 148 Å². The minimum Gasteiger partial charge on any atom is -0.394 e. The lowest BCUT2D eigenvalue weighted by Gasteiger charge is -2.42. The van der Waals surface area contributed by atoms with Gasteiger partial charge < -0.3 is 55.6 Å². The minimum atomic E-state index is -7.72. The summed E-state index contributed by atoms with van der Waals surface area (Å²) in [5, 5.41) is 80.5. The second-order valence-corrected chi connectivity index (χ2v) is 11.5. The lowest BCUT2D eigenvalue weighted by atomic mass is 9.88. The molecule has 0 bridgehead atoms. The van der Waals surface area contributed by atoms with Crippen molar-refractivity contribution in [3.63, 3.8) is 0 Å². The molecule has 0 aromatic heterocycles. The molecule has 0 unspecified atom stereocenters. The molecule has 1 heterocycles. The lowest BCUT2D eigenvalue weighted by Crippen LogP contribution is -2.70. The summed E-state index contributed by atoms with van der Waals surface area (Å²) in [6.45, 7) is -2.02. The Morgan fingerprint density at radius 2 is 1.22 bits per heavy atom. The van der Waals surface area contributed by atoms with Crippen LogP contribution in [0.25, 0.3) is 0 Å². The number of ether oxygens (including phenoxy) is 2. The van der Waals surface area contributed by atoms with Gasteiger partial charge in [-0.05, 0) is 19.3 Å². The largest absolute Gasteiger partial charge is 0.394 e. The van der Waals surface area contributed by atoms with Crippen molar-refractivity contribution in [2.45, 2.75) is 136 Å². The lowest BCUT2D eigenvalue weighted by molar-refractivity contribution is -0.425. The number of aliphatic hydroxyl groups excluding tert-OH is 8. The molecule has 9 atom stereocenters. The fraction of sp³-hybridized carbons (Fsp3) is 0.962. The highest BCUT2D eigenvalue weighted by atomic mass is 19.4. The molecular formula is C26H39F12NO11. The van der Waals surface area contributed by atoms with Crippen molar-refractivity contribution in [3.05, 3.63) is 0 Å². The molecule has 0 spiro atoms. The molecule has 1 aliphatic rings. The van der Waals surface area contributed by atoms with Crippen LogP contribution in [0.1, 0.15) is 45.4 Å². The van der Waals surface area contributed by atoms with Gasteiger partial charge in [-0.15, -0.1) is 0 Å². The molecule has 1 amide bonds. The van der Waals surface area contributed by atoms with Crippen LogP contribution in [0, 0.1) is 0 Å². The number of nitrogens with one attached hydrogen (secondary N) is 1. The minimum absolute atomic E-state index is 0.338. The van der Waals surface area contributed by atoms with E-state index in [1.54, 1.807) is 5.32 Å². The van der Waals surface area contributed by atoms with Crippen LogP contribution < -0.4 is 5.32 Å². The van der Waals surface area contributed by atoms with Gasteiger partial charge in [-0.2, -0.15) is 52.7 Å². The average molecular weight is 770 g/mol. The molecule has 0 radical (unpaired) electrons. The normalized spacial score (nSPS) is 25.6. The highest BCUT2D eigenvalue weighted by Gasteiger charge is 2.89. The van der Waals surface area contributed by atoms with Crippen molar-refractivity contribution in [3.8, 4) is 0 Å². The molecular weight excluding hydrogens is 730 g/mol. The van der Waals surface area contributed by atoms with Crippen LogP contribution in [0.2, 0.25) is 0 Å². The van der Waals surface area contributed by atoms with Crippen molar-refractivity contribution in [1.82, 2.24) is 5.32 Å². The van der Waals surface area contributed by atoms with E-state index >= 15 is 0 Å². The molecule has 12 nitrogen and oxygen atoms in total. The van der Waals surface area contributed by atoms with Crippen LogP contribution in [0.5, 0.6) is 0 Å². The van der Waals surface area contributed by atoms with Crippen LogP contribution in [-0.2, 0) is 14.3 Å². The van der Waals surface area contributed by atoms with E-state index in [0.29, 0.717) is 0 Å². The van der Waals surface area contributed by atoms with Gasteiger partial charge in [-0.3, -0.25) is 4.79 Å². The van der Waals surface area contributed by atoms with Gasteiger partial charge in [0.2, 0.25) is 0 Å². The quantitative estimate of drug-likeness (QED) is 0.0582. The third-order valence-electron chi connectivity index (χ3n) is 7.80. The predicted molar refractivity (Wildman–Crippen MR) is 140 cm³/mol. The van der Waals surface area contributed by atoms with Crippen LogP contribution in [-0.4, -0.2) is 157 Å². The molecule has 1 aliphatic heterocycles. The molecule has 0 aliphatic carbocycles. The second-order valence-electron chi connectivity index (χ2n) is 11.5. The van der Waals surface area contributed by atoms with Gasteiger partial charge in [0.1, 0.15) is 42.7 Å². The number of carbonyl (C=O) groups excluding carboxylic acids is 1. The van der Waals surface area contributed by atoms with Crippen molar-refractivity contribution >= 4 is 5.91 Å². The summed E-state index contributed by atoms with van der Waals surface area (Å²) >= 11 is 0. The zero-order chi connectivity index (χ0) is 39.3. The smallest absolute Gasteiger partial charge is 0.384 e. The first kappa shape index (κ1) is 46.3. The van der Waals surface area contributed by atoms with Crippen LogP contribution >= 0.6 is 0 Å². The molecule has 1 fully saturated rings. The van der Waals surface area contributed by atoms with Crippen molar-refractivity contribution in [2.75, 3.05) is 19.8 Å². The van der Waals surface area contributed by atoms with Gasteiger partial charge in [0, 0.05) is 19.4 Å². The Balaban J connectivity index is 2.91. The molecule has 9 N–H and O–H groups in total. The van der Waals surface area contributed by atoms with Gasteiger partial charge in [-0.1, -0.05) is 13.3 Å². The predicted octanol–water partition coefficient (Wildman–Crippen LogP) is 0.535. The summed E-state index contributed by atoms with van der Waals surface area (Å²) in [6, 6.07) is 0. The van der Waals surface area contributed by atoms with Crippen molar-refractivity contribution in [2.24, 2.45) is 0 Å². The molecule has 0 aromatic carbocycles. The fourth-order valence-corrected chi connectivity index (χ4v) is 4.53.